The van der Waals surface area contributed by atoms with E-state index >= 15 is 0 Å². The molecule has 0 saturated heterocycles. The minimum Gasteiger partial charge on any atom is -0.494 e. The molecule has 0 radical (unpaired) electrons. The lowest BCUT2D eigenvalue weighted by Gasteiger charge is -2.05. The van der Waals surface area contributed by atoms with Crippen molar-refractivity contribution >= 4 is 23.2 Å². The highest BCUT2D eigenvalue weighted by atomic mass is 35.5. The Balaban J connectivity index is 2.02. The van der Waals surface area contributed by atoms with E-state index in [2.05, 4.69) is 10.5 Å². The first-order valence-electron chi connectivity index (χ1n) is 6.93. The lowest BCUT2D eigenvalue weighted by Crippen LogP contribution is -2.19. The number of nitrogens with one attached hydrogen (secondary N) is 1. The summed E-state index contributed by atoms with van der Waals surface area (Å²) in [7, 11) is 0. The largest absolute Gasteiger partial charge is 0.494 e. The number of ether oxygens (including phenoxy) is 1. The third-order valence-electron chi connectivity index (χ3n) is 3.01. The molecule has 22 heavy (non-hydrogen) atoms. The molecule has 4 nitrogen and oxygen atoms in total. The Bertz CT molecular complexity index is 664. The number of amides is 1. The van der Waals surface area contributed by atoms with E-state index in [1.54, 1.807) is 24.3 Å². The van der Waals surface area contributed by atoms with Gasteiger partial charge < -0.3 is 4.74 Å². The normalized spacial score (nSPS) is 11.1. The number of benzene rings is 2. The molecule has 0 aliphatic heterocycles. The van der Waals surface area contributed by atoms with Crippen LogP contribution in [-0.4, -0.2) is 18.2 Å². The van der Waals surface area contributed by atoms with Crippen LogP contribution in [-0.2, 0) is 0 Å². The molecule has 0 atom stereocenters. The van der Waals surface area contributed by atoms with E-state index in [4.69, 9.17) is 16.3 Å². The second-order valence-electron chi connectivity index (χ2n) is 4.60. The molecule has 0 fully saturated rings. The molecule has 0 aliphatic carbocycles. The smallest absolute Gasteiger partial charge is 0.271 e. The molecule has 0 heterocycles. The van der Waals surface area contributed by atoms with Gasteiger partial charge >= 0.3 is 0 Å². The van der Waals surface area contributed by atoms with Gasteiger partial charge in [-0.25, -0.2) is 5.43 Å². The summed E-state index contributed by atoms with van der Waals surface area (Å²) < 4.78 is 5.39. The van der Waals surface area contributed by atoms with Gasteiger partial charge in [-0.05, 0) is 67.9 Å². The van der Waals surface area contributed by atoms with Crippen LogP contribution >= 0.6 is 11.6 Å². The predicted octanol–water partition coefficient (Wildman–Crippen LogP) is 3.89. The van der Waals surface area contributed by atoms with Crippen molar-refractivity contribution in [2.24, 2.45) is 5.10 Å². The maximum Gasteiger partial charge on any atom is 0.271 e. The van der Waals surface area contributed by atoms with Crippen LogP contribution in [0.4, 0.5) is 0 Å². The zero-order chi connectivity index (χ0) is 15.9. The number of hydrogen-bond donors (Lipinski definition) is 1. The Kier molecular flexibility index (Phi) is 5.55. The van der Waals surface area contributed by atoms with Crippen LogP contribution in [0.5, 0.6) is 5.75 Å². The minimum atomic E-state index is -0.276. The molecular formula is C17H17ClN2O2. The van der Waals surface area contributed by atoms with Gasteiger partial charge in [-0.2, -0.15) is 5.10 Å². The molecule has 0 unspecified atom stereocenters. The first kappa shape index (κ1) is 16.0. The van der Waals surface area contributed by atoms with E-state index in [-0.39, 0.29) is 5.91 Å². The van der Waals surface area contributed by atoms with Crippen LogP contribution in [0.1, 0.15) is 29.8 Å². The van der Waals surface area contributed by atoms with Crippen LogP contribution < -0.4 is 10.2 Å². The second kappa shape index (κ2) is 7.61. The quantitative estimate of drug-likeness (QED) is 0.672. The van der Waals surface area contributed by atoms with Crippen molar-refractivity contribution in [1.29, 1.82) is 0 Å². The Morgan fingerprint density at radius 3 is 2.27 bits per heavy atom. The zero-order valence-electron chi connectivity index (χ0n) is 12.5. The lowest BCUT2D eigenvalue weighted by atomic mass is 10.1. The fourth-order valence-electron chi connectivity index (χ4n) is 1.82. The van der Waals surface area contributed by atoms with Gasteiger partial charge in [0.2, 0.25) is 0 Å². The summed E-state index contributed by atoms with van der Waals surface area (Å²) in [6.07, 6.45) is 0. The van der Waals surface area contributed by atoms with Crippen molar-refractivity contribution in [2.75, 3.05) is 6.61 Å². The average molecular weight is 317 g/mol. The third kappa shape index (κ3) is 4.33. The van der Waals surface area contributed by atoms with Crippen LogP contribution in [0.15, 0.2) is 53.6 Å². The SMILES string of the molecule is CCOc1ccc(/C(C)=N\NC(=O)c2ccc(Cl)cc2)cc1. The molecule has 0 aliphatic rings. The highest BCUT2D eigenvalue weighted by Crippen LogP contribution is 2.13. The Labute approximate surface area is 134 Å². The molecule has 2 aromatic rings. The molecule has 2 aromatic carbocycles. The highest BCUT2D eigenvalue weighted by molar-refractivity contribution is 6.30. The Morgan fingerprint density at radius 1 is 1.09 bits per heavy atom. The summed E-state index contributed by atoms with van der Waals surface area (Å²) in [6.45, 7) is 4.40. The fraction of sp³-hybridized carbons (Fsp3) is 0.176. The highest BCUT2D eigenvalue weighted by Gasteiger charge is 2.05. The average Bonchev–Trinajstić information content (AvgIpc) is 2.54. The molecule has 0 aromatic heterocycles. The summed E-state index contributed by atoms with van der Waals surface area (Å²) in [6, 6.07) is 14.2. The van der Waals surface area contributed by atoms with E-state index in [1.807, 2.05) is 38.1 Å². The van der Waals surface area contributed by atoms with E-state index < -0.39 is 0 Å². The van der Waals surface area contributed by atoms with Gasteiger partial charge in [0, 0.05) is 10.6 Å². The summed E-state index contributed by atoms with van der Waals surface area (Å²) >= 11 is 5.79. The predicted molar refractivity (Wildman–Crippen MR) is 88.7 cm³/mol. The van der Waals surface area contributed by atoms with E-state index in [0.29, 0.717) is 22.9 Å². The molecule has 0 saturated carbocycles. The van der Waals surface area contributed by atoms with Crippen molar-refractivity contribution in [3.63, 3.8) is 0 Å². The van der Waals surface area contributed by atoms with E-state index in [1.165, 1.54) is 0 Å². The van der Waals surface area contributed by atoms with Gasteiger partial charge in [-0.3, -0.25) is 4.79 Å². The Morgan fingerprint density at radius 2 is 1.68 bits per heavy atom. The molecule has 0 spiro atoms. The first-order valence-corrected chi connectivity index (χ1v) is 7.31. The van der Waals surface area contributed by atoms with Gasteiger partial charge in [0.1, 0.15) is 5.75 Å². The lowest BCUT2D eigenvalue weighted by molar-refractivity contribution is 0.0955. The number of halogens is 1. The summed E-state index contributed by atoms with van der Waals surface area (Å²) in [5, 5.41) is 4.70. The molecular weight excluding hydrogens is 300 g/mol. The maximum atomic E-state index is 11.9. The van der Waals surface area contributed by atoms with Crippen molar-refractivity contribution in [3.8, 4) is 5.75 Å². The van der Waals surface area contributed by atoms with E-state index in [9.17, 15) is 4.79 Å². The van der Waals surface area contributed by atoms with Crippen molar-refractivity contribution < 1.29 is 9.53 Å². The number of rotatable bonds is 5. The number of carbonyl (C=O) groups excluding carboxylic acids is 1. The van der Waals surface area contributed by atoms with Gasteiger partial charge in [-0.15, -0.1) is 0 Å². The monoisotopic (exact) mass is 316 g/mol. The number of hydrazone groups is 1. The van der Waals surface area contributed by atoms with Gasteiger partial charge in [0.25, 0.3) is 5.91 Å². The van der Waals surface area contributed by atoms with Crippen molar-refractivity contribution in [3.05, 3.63) is 64.7 Å². The van der Waals surface area contributed by atoms with Crippen molar-refractivity contribution in [2.45, 2.75) is 13.8 Å². The molecule has 1 amide bonds. The van der Waals surface area contributed by atoms with Crippen LogP contribution in [0.3, 0.4) is 0 Å². The number of nitrogens with zero attached hydrogens (tertiary/aromatic N) is 1. The minimum absolute atomic E-state index is 0.276. The number of carbonyl (C=O) groups is 1. The summed E-state index contributed by atoms with van der Waals surface area (Å²) in [5.41, 5.74) is 4.67. The molecule has 5 heteroatoms. The molecule has 2 rings (SSSR count). The standard InChI is InChI=1S/C17H17ClN2O2/c1-3-22-16-10-6-13(7-11-16)12(2)19-20-17(21)14-4-8-15(18)9-5-14/h4-11H,3H2,1-2H3,(H,20,21)/b19-12-. The van der Waals surface area contributed by atoms with Crippen molar-refractivity contribution in [1.82, 2.24) is 5.43 Å². The van der Waals surface area contributed by atoms with Gasteiger partial charge in [0.05, 0.1) is 12.3 Å². The molecule has 114 valence electrons. The maximum absolute atomic E-state index is 11.9. The van der Waals surface area contributed by atoms with Gasteiger partial charge in [0.15, 0.2) is 0 Å². The van der Waals surface area contributed by atoms with Crippen LogP contribution in [0.2, 0.25) is 5.02 Å². The molecule has 0 bridgehead atoms. The summed E-state index contributed by atoms with van der Waals surface area (Å²) in [5.74, 6) is 0.534. The topological polar surface area (TPSA) is 50.7 Å². The Hall–Kier alpha value is -2.33. The van der Waals surface area contributed by atoms with E-state index in [0.717, 1.165) is 11.3 Å². The number of hydrogen-bond acceptors (Lipinski definition) is 3. The molecule has 1 N–H and O–H groups in total. The third-order valence-corrected chi connectivity index (χ3v) is 3.27. The first-order chi connectivity index (χ1) is 10.6. The van der Waals surface area contributed by atoms with Crippen LogP contribution in [0, 0.1) is 0 Å². The van der Waals surface area contributed by atoms with Crippen LogP contribution in [0.25, 0.3) is 0 Å². The fourth-order valence-corrected chi connectivity index (χ4v) is 1.95. The second-order valence-corrected chi connectivity index (χ2v) is 5.04. The zero-order valence-corrected chi connectivity index (χ0v) is 13.2. The summed E-state index contributed by atoms with van der Waals surface area (Å²) in [4.78, 5) is 11.9. The van der Waals surface area contributed by atoms with Gasteiger partial charge in [-0.1, -0.05) is 11.6 Å².